The Hall–Kier alpha value is -0.580. The van der Waals surface area contributed by atoms with E-state index in [-0.39, 0.29) is 12.1 Å². The Kier molecular flexibility index (Phi) is 8.30. The van der Waals surface area contributed by atoms with Gasteiger partial charge < -0.3 is 10.1 Å². The first-order valence-electron chi connectivity index (χ1n) is 8.14. The molecule has 1 aromatic rings. The van der Waals surface area contributed by atoms with Crippen molar-refractivity contribution in [2.24, 2.45) is 7.05 Å². The average molecular weight is 316 g/mol. The molecule has 1 heterocycles. The molecule has 5 heteroatoms. The molecular formula is C16H30ClN3O. The van der Waals surface area contributed by atoms with Crippen molar-refractivity contribution >= 4 is 11.6 Å². The van der Waals surface area contributed by atoms with Crippen LogP contribution in [0.3, 0.4) is 0 Å². The molecule has 2 unspecified atom stereocenters. The lowest BCUT2D eigenvalue weighted by Crippen LogP contribution is -2.43. The standard InChI is InChI=1S/C16H30ClN3O/c1-6-10-15(21-9-4)13(18-8-3)11-14-16(17)12(7-2)19-20(14)5/h13,15,18H,6-11H2,1-5H3. The summed E-state index contributed by atoms with van der Waals surface area (Å²) in [6.07, 6.45) is 4.10. The number of hydrogen-bond acceptors (Lipinski definition) is 3. The molecule has 4 nitrogen and oxygen atoms in total. The SMILES string of the molecule is CCCC(OCC)C(Cc1c(Cl)c(CC)nn1C)NCC. The van der Waals surface area contributed by atoms with Crippen molar-refractivity contribution in [2.75, 3.05) is 13.2 Å². The van der Waals surface area contributed by atoms with Gasteiger partial charge in [0.2, 0.25) is 0 Å². The highest BCUT2D eigenvalue weighted by Gasteiger charge is 2.24. The van der Waals surface area contributed by atoms with E-state index in [0.29, 0.717) is 0 Å². The first-order valence-corrected chi connectivity index (χ1v) is 8.51. The molecule has 0 aliphatic rings. The summed E-state index contributed by atoms with van der Waals surface area (Å²) in [7, 11) is 1.97. The van der Waals surface area contributed by atoms with E-state index in [2.05, 4.69) is 38.1 Å². The van der Waals surface area contributed by atoms with E-state index >= 15 is 0 Å². The van der Waals surface area contributed by atoms with Crippen molar-refractivity contribution in [3.8, 4) is 0 Å². The van der Waals surface area contributed by atoms with E-state index in [1.54, 1.807) is 0 Å². The van der Waals surface area contributed by atoms with Gasteiger partial charge in [0.1, 0.15) is 0 Å². The van der Waals surface area contributed by atoms with Crippen molar-refractivity contribution in [3.63, 3.8) is 0 Å². The molecule has 0 aliphatic carbocycles. The van der Waals surface area contributed by atoms with Crippen molar-refractivity contribution in [2.45, 2.75) is 65.5 Å². The van der Waals surface area contributed by atoms with E-state index in [1.807, 2.05) is 11.7 Å². The van der Waals surface area contributed by atoms with Crippen LogP contribution in [0.2, 0.25) is 5.02 Å². The Morgan fingerprint density at radius 3 is 2.48 bits per heavy atom. The van der Waals surface area contributed by atoms with Crippen LogP contribution in [0.4, 0.5) is 0 Å². The van der Waals surface area contributed by atoms with Gasteiger partial charge in [0.25, 0.3) is 0 Å². The minimum atomic E-state index is 0.219. The summed E-state index contributed by atoms with van der Waals surface area (Å²) in [5, 5.41) is 8.88. The normalized spacial score (nSPS) is 14.4. The summed E-state index contributed by atoms with van der Waals surface area (Å²) in [5.74, 6) is 0. The lowest BCUT2D eigenvalue weighted by atomic mass is 10.0. The second-order valence-corrected chi connectivity index (χ2v) is 5.71. The number of rotatable bonds is 10. The second-order valence-electron chi connectivity index (χ2n) is 5.34. The molecule has 0 saturated carbocycles. The zero-order valence-corrected chi connectivity index (χ0v) is 14.8. The molecule has 0 aromatic carbocycles. The zero-order chi connectivity index (χ0) is 15.8. The summed E-state index contributed by atoms with van der Waals surface area (Å²) in [6, 6.07) is 0.271. The Morgan fingerprint density at radius 2 is 2.00 bits per heavy atom. The van der Waals surface area contributed by atoms with Crippen LogP contribution >= 0.6 is 11.6 Å². The molecule has 1 N–H and O–H groups in total. The fourth-order valence-electron chi connectivity index (χ4n) is 2.75. The fourth-order valence-corrected chi connectivity index (χ4v) is 3.12. The molecule has 0 radical (unpaired) electrons. The van der Waals surface area contributed by atoms with Crippen LogP contribution in [0.25, 0.3) is 0 Å². The molecule has 1 rings (SSSR count). The van der Waals surface area contributed by atoms with E-state index in [9.17, 15) is 0 Å². The molecule has 0 amide bonds. The Balaban J connectivity index is 2.93. The molecule has 1 aromatic heterocycles. The maximum absolute atomic E-state index is 6.48. The quantitative estimate of drug-likeness (QED) is 0.719. The first-order chi connectivity index (χ1) is 10.1. The maximum Gasteiger partial charge on any atom is 0.0850 e. The van der Waals surface area contributed by atoms with Gasteiger partial charge in [-0.15, -0.1) is 0 Å². The smallest absolute Gasteiger partial charge is 0.0850 e. The molecule has 0 spiro atoms. The van der Waals surface area contributed by atoms with Gasteiger partial charge in [0.15, 0.2) is 0 Å². The highest BCUT2D eigenvalue weighted by molar-refractivity contribution is 6.31. The number of nitrogens with zero attached hydrogens (tertiary/aromatic N) is 2. The molecular weight excluding hydrogens is 286 g/mol. The van der Waals surface area contributed by atoms with Gasteiger partial charge in [-0.25, -0.2) is 0 Å². The van der Waals surface area contributed by atoms with Crippen LogP contribution < -0.4 is 5.32 Å². The summed E-state index contributed by atoms with van der Waals surface area (Å²) in [4.78, 5) is 0. The number of ether oxygens (including phenoxy) is 1. The highest BCUT2D eigenvalue weighted by Crippen LogP contribution is 2.23. The maximum atomic E-state index is 6.48. The predicted molar refractivity (Wildman–Crippen MR) is 89.1 cm³/mol. The van der Waals surface area contributed by atoms with E-state index in [4.69, 9.17) is 16.3 Å². The van der Waals surface area contributed by atoms with E-state index in [0.717, 1.165) is 55.2 Å². The topological polar surface area (TPSA) is 39.1 Å². The monoisotopic (exact) mass is 315 g/mol. The van der Waals surface area contributed by atoms with Gasteiger partial charge in [0.05, 0.1) is 22.5 Å². The summed E-state index contributed by atoms with van der Waals surface area (Å²) in [5.41, 5.74) is 2.08. The van der Waals surface area contributed by atoms with Gasteiger partial charge in [-0.05, 0) is 26.3 Å². The van der Waals surface area contributed by atoms with Crippen LogP contribution in [0.1, 0.15) is 51.9 Å². The van der Waals surface area contributed by atoms with E-state index < -0.39 is 0 Å². The lowest BCUT2D eigenvalue weighted by molar-refractivity contribution is 0.0281. The van der Waals surface area contributed by atoms with Crippen molar-refractivity contribution in [1.29, 1.82) is 0 Å². The molecule has 21 heavy (non-hydrogen) atoms. The van der Waals surface area contributed by atoms with Gasteiger partial charge in [-0.3, -0.25) is 4.68 Å². The molecule has 122 valence electrons. The summed E-state index contributed by atoms with van der Waals surface area (Å²) < 4.78 is 7.86. The number of aromatic nitrogens is 2. The predicted octanol–water partition coefficient (Wildman–Crippen LogP) is 3.36. The second kappa shape index (κ2) is 9.44. The molecule has 0 aliphatic heterocycles. The fraction of sp³-hybridized carbons (Fsp3) is 0.812. The van der Waals surface area contributed by atoms with E-state index in [1.165, 1.54) is 0 Å². The molecule has 0 fully saturated rings. The van der Waals surface area contributed by atoms with Crippen molar-refractivity contribution in [3.05, 3.63) is 16.4 Å². The third-order valence-corrected chi connectivity index (χ3v) is 4.22. The van der Waals surface area contributed by atoms with Gasteiger partial charge in [0, 0.05) is 26.1 Å². The molecule has 0 saturated heterocycles. The third kappa shape index (κ3) is 4.97. The number of halogens is 1. The minimum absolute atomic E-state index is 0.219. The number of nitrogens with one attached hydrogen (secondary N) is 1. The van der Waals surface area contributed by atoms with Crippen LogP contribution in [-0.2, 0) is 24.6 Å². The Morgan fingerprint density at radius 1 is 1.29 bits per heavy atom. The lowest BCUT2D eigenvalue weighted by Gasteiger charge is -2.27. The number of aryl methyl sites for hydroxylation is 2. The zero-order valence-electron chi connectivity index (χ0n) is 14.1. The van der Waals surface area contributed by atoms with Crippen molar-refractivity contribution < 1.29 is 4.74 Å². The molecule has 0 bridgehead atoms. The van der Waals surface area contributed by atoms with Gasteiger partial charge >= 0.3 is 0 Å². The van der Waals surface area contributed by atoms with Crippen LogP contribution in [-0.4, -0.2) is 35.1 Å². The van der Waals surface area contributed by atoms with Crippen LogP contribution in [0, 0.1) is 0 Å². The summed E-state index contributed by atoms with van der Waals surface area (Å²) in [6.45, 7) is 10.1. The third-order valence-electron chi connectivity index (χ3n) is 3.79. The van der Waals surface area contributed by atoms with Gasteiger partial charge in [-0.2, -0.15) is 5.10 Å². The first kappa shape index (κ1) is 18.5. The average Bonchev–Trinajstić information content (AvgIpc) is 2.73. The number of likely N-dealkylation sites (N-methyl/N-ethyl adjacent to an activating group) is 1. The summed E-state index contributed by atoms with van der Waals surface area (Å²) >= 11 is 6.48. The Bertz CT molecular complexity index is 414. The van der Waals surface area contributed by atoms with Crippen LogP contribution in [0.5, 0.6) is 0 Å². The van der Waals surface area contributed by atoms with Crippen molar-refractivity contribution in [1.82, 2.24) is 15.1 Å². The number of hydrogen-bond donors (Lipinski definition) is 1. The van der Waals surface area contributed by atoms with Gasteiger partial charge in [-0.1, -0.05) is 38.8 Å². The molecule has 2 atom stereocenters. The largest absolute Gasteiger partial charge is 0.377 e. The Labute approximate surface area is 134 Å². The highest BCUT2D eigenvalue weighted by atomic mass is 35.5. The van der Waals surface area contributed by atoms with Crippen LogP contribution in [0.15, 0.2) is 0 Å². The minimum Gasteiger partial charge on any atom is -0.377 e.